The van der Waals surface area contributed by atoms with Crippen LogP contribution in [-0.4, -0.2) is 49.4 Å². The van der Waals surface area contributed by atoms with E-state index in [9.17, 15) is 14.4 Å². The predicted octanol–water partition coefficient (Wildman–Crippen LogP) is 7.57. The van der Waals surface area contributed by atoms with Gasteiger partial charge in [-0.1, -0.05) is 86.1 Å². The summed E-state index contributed by atoms with van der Waals surface area (Å²) in [6.07, 6.45) is 3.86. The number of rotatable bonds is 12. The monoisotopic (exact) mass is 700 g/mol. The van der Waals surface area contributed by atoms with Gasteiger partial charge >= 0.3 is 7.12 Å². The van der Waals surface area contributed by atoms with Crippen molar-refractivity contribution in [2.45, 2.75) is 70.5 Å². The Morgan fingerprint density at radius 1 is 1.00 bits per heavy atom. The van der Waals surface area contributed by atoms with Crippen molar-refractivity contribution in [2.24, 2.45) is 23.2 Å². The van der Waals surface area contributed by atoms with Crippen LogP contribution in [0.3, 0.4) is 0 Å². The third-order valence-corrected chi connectivity index (χ3v) is 11.8. The summed E-state index contributed by atoms with van der Waals surface area (Å²) in [7, 11) is 1.01. The number of Topliss-reactive ketones (excluding diaryl/α,β-unsaturated/α-hetero) is 1. The van der Waals surface area contributed by atoms with Gasteiger partial charge in [-0.2, -0.15) is 0 Å². The average Bonchev–Trinajstić information content (AvgIpc) is 3.45. The molecule has 256 valence electrons. The molecule has 1 saturated heterocycles. The molecule has 1 aliphatic heterocycles. The maximum Gasteiger partial charge on any atom is 0.482 e. The van der Waals surface area contributed by atoms with Gasteiger partial charge < -0.3 is 19.5 Å². The van der Waals surface area contributed by atoms with Crippen LogP contribution in [0.25, 0.3) is 0 Å². The van der Waals surface area contributed by atoms with Gasteiger partial charge in [-0.3, -0.25) is 14.4 Å². The minimum atomic E-state index is -0.775. The van der Waals surface area contributed by atoms with Gasteiger partial charge in [0.25, 0.3) is 0 Å². The molecule has 2 bridgehead atoms. The highest BCUT2D eigenvalue weighted by Gasteiger charge is 2.68. The minimum absolute atomic E-state index is 0.0511. The molecular weight excluding hydrogens is 658 g/mol. The Morgan fingerprint density at radius 2 is 1.73 bits per heavy atom. The number of halogens is 2. The third kappa shape index (κ3) is 7.11. The molecule has 0 spiro atoms. The number of nitrogens with zero attached hydrogens (tertiary/aromatic N) is 1. The van der Waals surface area contributed by atoms with Crippen molar-refractivity contribution >= 4 is 53.6 Å². The van der Waals surface area contributed by atoms with E-state index in [0.717, 1.165) is 24.0 Å². The summed E-state index contributed by atoms with van der Waals surface area (Å²) in [6.45, 7) is 10.4. The van der Waals surface area contributed by atoms with Gasteiger partial charge in [0.1, 0.15) is 0 Å². The van der Waals surface area contributed by atoms with Crippen LogP contribution in [0.15, 0.2) is 85.5 Å². The van der Waals surface area contributed by atoms with E-state index < -0.39 is 24.6 Å². The normalized spacial score (nSPS) is 24.6. The lowest BCUT2D eigenvalue weighted by molar-refractivity contribution is -0.199. The van der Waals surface area contributed by atoms with Crippen molar-refractivity contribution in [3.8, 4) is 0 Å². The lowest BCUT2D eigenvalue weighted by Gasteiger charge is -2.64. The fraction of sp³-hybridized carbons (Fsp3) is 0.410. The van der Waals surface area contributed by atoms with Crippen LogP contribution in [0.4, 0.5) is 5.69 Å². The van der Waals surface area contributed by atoms with Crippen molar-refractivity contribution in [1.29, 1.82) is 0 Å². The molecule has 6 atom stereocenters. The van der Waals surface area contributed by atoms with Gasteiger partial charge in [0.05, 0.1) is 22.7 Å². The lowest BCUT2D eigenvalue weighted by atomic mass is 9.43. The number of benzene rings is 3. The zero-order valence-electron chi connectivity index (χ0n) is 28.5. The summed E-state index contributed by atoms with van der Waals surface area (Å²) >= 11 is 12.7. The van der Waals surface area contributed by atoms with E-state index in [1.165, 1.54) is 17.0 Å². The quantitative estimate of drug-likeness (QED) is 0.120. The SMILES string of the molecule is C=CC(=O)N(C)c1cccc(C[C@H](CC(=O)c2cc(Cl)ccc2Cl)C(=O)N[C@@H](Cc2ccccc2)B2O[C@@H]3C[C@@H]4C[C@@H](C4(C)C)[C@]3(C)O2)c1. The Labute approximate surface area is 299 Å². The molecule has 3 saturated carbocycles. The zero-order chi connectivity index (χ0) is 35.1. The van der Waals surface area contributed by atoms with Crippen molar-refractivity contribution in [3.63, 3.8) is 0 Å². The first-order valence-electron chi connectivity index (χ1n) is 16.9. The number of nitrogens with one attached hydrogen (secondary N) is 1. The molecule has 4 aliphatic rings. The average molecular weight is 701 g/mol. The molecule has 4 fully saturated rings. The summed E-state index contributed by atoms with van der Waals surface area (Å²) in [5.74, 6) is -1.18. The summed E-state index contributed by atoms with van der Waals surface area (Å²) < 4.78 is 13.5. The van der Waals surface area contributed by atoms with E-state index in [-0.39, 0.29) is 52.5 Å². The second kappa shape index (κ2) is 14.1. The first-order chi connectivity index (χ1) is 23.3. The van der Waals surface area contributed by atoms with Crippen LogP contribution < -0.4 is 10.2 Å². The number of carbonyl (C=O) groups is 3. The van der Waals surface area contributed by atoms with Crippen molar-refractivity contribution < 1.29 is 23.7 Å². The number of likely N-dealkylation sites (N-methyl/N-ethyl adjacent to an activating group) is 1. The highest BCUT2D eigenvalue weighted by atomic mass is 35.5. The molecule has 0 radical (unpaired) electrons. The van der Waals surface area contributed by atoms with Crippen LogP contribution >= 0.6 is 23.2 Å². The number of hydrogen-bond donors (Lipinski definition) is 1. The van der Waals surface area contributed by atoms with Crippen molar-refractivity contribution in [3.05, 3.63) is 112 Å². The van der Waals surface area contributed by atoms with Gasteiger partial charge in [0.15, 0.2) is 5.78 Å². The van der Waals surface area contributed by atoms with Crippen LogP contribution in [0, 0.1) is 23.2 Å². The summed E-state index contributed by atoms with van der Waals surface area (Å²) in [4.78, 5) is 42.0. The molecule has 3 aromatic carbocycles. The summed E-state index contributed by atoms with van der Waals surface area (Å²) in [5, 5.41) is 3.92. The van der Waals surface area contributed by atoms with Crippen molar-refractivity contribution in [1.82, 2.24) is 5.32 Å². The maximum absolute atomic E-state index is 14.5. The third-order valence-electron chi connectivity index (χ3n) is 11.2. The van der Waals surface area contributed by atoms with E-state index in [2.05, 4.69) is 32.7 Å². The number of hydrogen-bond acceptors (Lipinski definition) is 5. The topological polar surface area (TPSA) is 84.9 Å². The summed E-state index contributed by atoms with van der Waals surface area (Å²) in [6, 6.07) is 22.1. The Hall–Kier alpha value is -3.43. The molecule has 3 aromatic rings. The second-order valence-corrected chi connectivity index (χ2v) is 15.4. The highest BCUT2D eigenvalue weighted by Crippen LogP contribution is 2.65. The van der Waals surface area contributed by atoms with E-state index in [1.807, 2.05) is 54.6 Å². The first kappa shape index (κ1) is 35.4. The number of anilines is 1. The van der Waals surface area contributed by atoms with Crippen LogP contribution in [0.1, 0.15) is 61.5 Å². The molecular formula is C39H43BCl2N2O5. The van der Waals surface area contributed by atoms with Crippen molar-refractivity contribution in [2.75, 3.05) is 11.9 Å². The number of carbonyl (C=O) groups excluding carboxylic acids is 3. The molecule has 7 rings (SSSR count). The maximum atomic E-state index is 14.5. The standard InChI is InChI=1S/C39H43BCl2N2O5/c1-6-36(46)44(5)29-14-10-13-25(18-29)17-26(20-32(45)30-23-28(41)15-16-31(30)42)37(47)43-35(19-24-11-8-7-9-12-24)40-48-34-22-27-21-33(38(27,2)3)39(34,4)49-40/h6-16,18,23,26-27,33-35H,1,17,19-22H2,2-5H3,(H,43,47)/t26-,27+,33+,34-,35+,39+/m1/s1. The lowest BCUT2D eigenvalue weighted by Crippen LogP contribution is -2.65. The van der Waals surface area contributed by atoms with Gasteiger partial charge in [-0.05, 0) is 97.4 Å². The van der Waals surface area contributed by atoms with E-state index >= 15 is 0 Å². The smallest absolute Gasteiger partial charge is 0.404 e. The van der Waals surface area contributed by atoms with Gasteiger partial charge in [-0.15, -0.1) is 0 Å². The molecule has 1 heterocycles. The van der Waals surface area contributed by atoms with E-state index in [0.29, 0.717) is 29.0 Å². The van der Waals surface area contributed by atoms with Gasteiger partial charge in [0.2, 0.25) is 11.8 Å². The molecule has 10 heteroatoms. The molecule has 1 N–H and O–H groups in total. The van der Waals surface area contributed by atoms with E-state index in [4.69, 9.17) is 32.5 Å². The fourth-order valence-corrected chi connectivity index (χ4v) is 8.59. The largest absolute Gasteiger partial charge is 0.482 e. The first-order valence-corrected chi connectivity index (χ1v) is 17.7. The van der Waals surface area contributed by atoms with Crippen LogP contribution in [-0.2, 0) is 31.7 Å². The van der Waals surface area contributed by atoms with Crippen LogP contribution in [0.2, 0.25) is 10.0 Å². The zero-order valence-corrected chi connectivity index (χ0v) is 30.0. The van der Waals surface area contributed by atoms with E-state index in [1.54, 1.807) is 19.2 Å². The molecule has 0 unspecified atom stereocenters. The molecule has 49 heavy (non-hydrogen) atoms. The number of amides is 2. The molecule has 2 amide bonds. The Morgan fingerprint density at radius 3 is 2.45 bits per heavy atom. The van der Waals surface area contributed by atoms with Crippen LogP contribution in [0.5, 0.6) is 0 Å². The Bertz CT molecular complexity index is 1750. The number of ketones is 1. The predicted molar refractivity (Wildman–Crippen MR) is 195 cm³/mol. The highest BCUT2D eigenvalue weighted by molar-refractivity contribution is 6.48. The molecule has 0 aromatic heterocycles. The van der Waals surface area contributed by atoms with Gasteiger partial charge in [0, 0.05) is 35.7 Å². The Balaban J connectivity index is 1.29. The Kier molecular flexibility index (Phi) is 10.2. The second-order valence-electron chi connectivity index (χ2n) is 14.6. The molecule has 3 aliphatic carbocycles. The molecule has 7 nitrogen and oxygen atoms in total. The summed E-state index contributed by atoms with van der Waals surface area (Å²) in [5.41, 5.74) is 2.46. The fourth-order valence-electron chi connectivity index (χ4n) is 8.20. The van der Waals surface area contributed by atoms with Gasteiger partial charge in [-0.25, -0.2) is 0 Å². The minimum Gasteiger partial charge on any atom is -0.404 e.